The van der Waals surface area contributed by atoms with Crippen LogP contribution in [0.25, 0.3) is 0 Å². The number of fused-ring (bicyclic) bond motifs is 1. The number of carbonyl (C=O) groups is 1. The van der Waals surface area contributed by atoms with E-state index in [2.05, 4.69) is 20.1 Å². The molecule has 9 nitrogen and oxygen atoms in total. The van der Waals surface area contributed by atoms with Crippen LogP contribution in [-0.2, 0) is 42.2 Å². The molecule has 0 spiro atoms. The zero-order valence-electron chi connectivity index (χ0n) is 13.6. The fourth-order valence-electron chi connectivity index (χ4n) is 2.82. The average molecular weight is 335 g/mol. The van der Waals surface area contributed by atoms with Crippen LogP contribution in [0.2, 0.25) is 0 Å². The molecule has 1 aliphatic heterocycles. The lowest BCUT2D eigenvalue weighted by Gasteiger charge is -2.16. The Bertz CT molecular complexity index is 696. The third-order valence-corrected chi connectivity index (χ3v) is 3.88. The number of ether oxygens (including phenoxy) is 1. The molecule has 0 saturated carbocycles. The van der Waals surface area contributed by atoms with Gasteiger partial charge < -0.3 is 14.4 Å². The van der Waals surface area contributed by atoms with Crippen LogP contribution >= 0.6 is 0 Å². The minimum Gasteiger partial charge on any atom is -0.481 e. The van der Waals surface area contributed by atoms with Gasteiger partial charge in [-0.25, -0.2) is 0 Å². The van der Waals surface area contributed by atoms with Crippen LogP contribution < -0.4 is 0 Å². The first-order valence-corrected chi connectivity index (χ1v) is 7.94. The Morgan fingerprint density at radius 3 is 3.12 bits per heavy atom. The first-order chi connectivity index (χ1) is 11.6. The lowest BCUT2D eigenvalue weighted by molar-refractivity contribution is -0.136. The predicted molar refractivity (Wildman–Crippen MR) is 81.9 cm³/mol. The molecular formula is C15H21N5O4. The lowest BCUT2D eigenvalue weighted by atomic mass is 10.2. The molecule has 0 fully saturated rings. The summed E-state index contributed by atoms with van der Waals surface area (Å²) < 4.78 is 12.1. The molecule has 1 N–H and O–H groups in total. The minimum absolute atomic E-state index is 0.102. The monoisotopic (exact) mass is 335 g/mol. The van der Waals surface area contributed by atoms with E-state index < -0.39 is 5.97 Å². The summed E-state index contributed by atoms with van der Waals surface area (Å²) in [6.45, 7) is 3.39. The second-order valence-corrected chi connectivity index (χ2v) is 5.85. The average Bonchev–Trinajstić information content (AvgIpc) is 3.08. The van der Waals surface area contributed by atoms with Crippen LogP contribution in [0, 0.1) is 0 Å². The Morgan fingerprint density at radius 2 is 2.33 bits per heavy atom. The molecule has 0 radical (unpaired) electrons. The fourth-order valence-corrected chi connectivity index (χ4v) is 2.82. The van der Waals surface area contributed by atoms with Gasteiger partial charge in [-0.15, -0.1) is 0 Å². The van der Waals surface area contributed by atoms with E-state index in [4.69, 9.17) is 14.4 Å². The van der Waals surface area contributed by atoms with Gasteiger partial charge in [-0.1, -0.05) is 5.16 Å². The van der Waals surface area contributed by atoms with Crippen LogP contribution in [0.4, 0.5) is 0 Å². The SMILES string of the molecule is COCc1nc(CN2CCCn3nc(CCC(=O)O)cc3C2)no1. The summed E-state index contributed by atoms with van der Waals surface area (Å²) in [5.41, 5.74) is 1.92. The number of rotatable bonds is 7. The molecule has 130 valence electrons. The summed E-state index contributed by atoms with van der Waals surface area (Å²) in [7, 11) is 1.59. The highest BCUT2D eigenvalue weighted by Crippen LogP contribution is 2.16. The maximum atomic E-state index is 10.7. The number of carboxylic acid groups (broad SMARTS) is 1. The maximum absolute atomic E-state index is 10.7. The van der Waals surface area contributed by atoms with Gasteiger partial charge >= 0.3 is 5.97 Å². The molecule has 0 unspecified atom stereocenters. The molecular weight excluding hydrogens is 314 g/mol. The quantitative estimate of drug-likeness (QED) is 0.793. The summed E-state index contributed by atoms with van der Waals surface area (Å²) in [6.07, 6.45) is 1.53. The highest BCUT2D eigenvalue weighted by molar-refractivity contribution is 5.66. The number of hydrogen-bond acceptors (Lipinski definition) is 7. The number of nitrogens with zero attached hydrogens (tertiary/aromatic N) is 5. The number of methoxy groups -OCH3 is 1. The van der Waals surface area contributed by atoms with E-state index in [1.807, 2.05) is 10.7 Å². The Kier molecular flexibility index (Phi) is 5.21. The number of carboxylic acids is 1. The van der Waals surface area contributed by atoms with Gasteiger partial charge in [0.25, 0.3) is 5.89 Å². The van der Waals surface area contributed by atoms with E-state index in [0.717, 1.165) is 37.4 Å². The molecule has 0 aliphatic carbocycles. The highest BCUT2D eigenvalue weighted by atomic mass is 16.5. The van der Waals surface area contributed by atoms with Crippen LogP contribution in [0.1, 0.15) is 35.9 Å². The Hall–Kier alpha value is -2.26. The van der Waals surface area contributed by atoms with E-state index in [-0.39, 0.29) is 6.42 Å². The van der Waals surface area contributed by atoms with Crippen molar-refractivity contribution in [2.45, 2.75) is 45.5 Å². The first-order valence-electron chi connectivity index (χ1n) is 7.94. The van der Waals surface area contributed by atoms with Crippen LogP contribution in [-0.4, -0.2) is 49.6 Å². The lowest BCUT2D eigenvalue weighted by Crippen LogP contribution is -2.23. The second kappa shape index (κ2) is 7.54. The largest absolute Gasteiger partial charge is 0.481 e. The van der Waals surface area contributed by atoms with Crippen LogP contribution in [0.3, 0.4) is 0 Å². The molecule has 9 heteroatoms. The van der Waals surface area contributed by atoms with Gasteiger partial charge in [0.05, 0.1) is 24.4 Å². The van der Waals surface area contributed by atoms with E-state index in [1.165, 1.54) is 0 Å². The van der Waals surface area contributed by atoms with Crippen molar-refractivity contribution in [3.05, 3.63) is 29.2 Å². The topological polar surface area (TPSA) is 107 Å². The van der Waals surface area contributed by atoms with E-state index in [0.29, 0.717) is 31.3 Å². The maximum Gasteiger partial charge on any atom is 0.303 e. The normalized spacial score (nSPS) is 15.2. The number of aryl methyl sites for hydroxylation is 2. The molecule has 2 aromatic rings. The fraction of sp³-hybridized carbons (Fsp3) is 0.600. The Morgan fingerprint density at radius 1 is 1.46 bits per heavy atom. The van der Waals surface area contributed by atoms with Gasteiger partial charge in [-0.05, 0) is 12.5 Å². The third kappa shape index (κ3) is 4.18. The smallest absolute Gasteiger partial charge is 0.303 e. The molecule has 3 rings (SSSR count). The summed E-state index contributed by atoms with van der Waals surface area (Å²) >= 11 is 0. The molecule has 0 atom stereocenters. The minimum atomic E-state index is -0.802. The van der Waals surface area contributed by atoms with Gasteiger partial charge in [-0.2, -0.15) is 10.1 Å². The zero-order chi connectivity index (χ0) is 16.9. The van der Waals surface area contributed by atoms with Gasteiger partial charge in [0.1, 0.15) is 6.61 Å². The number of hydrogen-bond donors (Lipinski definition) is 1. The molecule has 1 aliphatic rings. The van der Waals surface area contributed by atoms with E-state index >= 15 is 0 Å². The van der Waals surface area contributed by atoms with E-state index in [1.54, 1.807) is 7.11 Å². The second-order valence-electron chi connectivity index (χ2n) is 5.85. The predicted octanol–water partition coefficient (Wildman–Crippen LogP) is 0.836. The molecule has 0 amide bonds. The van der Waals surface area contributed by atoms with Crippen molar-refractivity contribution in [3.8, 4) is 0 Å². The van der Waals surface area contributed by atoms with Crippen molar-refractivity contribution in [2.24, 2.45) is 0 Å². The van der Waals surface area contributed by atoms with Gasteiger partial charge in [0.2, 0.25) is 0 Å². The molecule has 24 heavy (non-hydrogen) atoms. The van der Waals surface area contributed by atoms with Gasteiger partial charge in [0.15, 0.2) is 5.82 Å². The molecule has 0 aromatic carbocycles. The van der Waals surface area contributed by atoms with Crippen molar-refractivity contribution >= 4 is 5.97 Å². The zero-order valence-corrected chi connectivity index (χ0v) is 13.6. The molecule has 3 heterocycles. The standard InChI is InChI=1S/C15H21N5O4/c1-23-10-14-16-13(18-24-14)9-19-5-2-6-20-12(8-19)7-11(17-20)3-4-15(21)22/h7H,2-6,8-10H2,1H3,(H,21,22). The Labute approximate surface area is 139 Å². The summed E-state index contributed by atoms with van der Waals surface area (Å²) in [6, 6.07) is 1.99. The van der Waals surface area contributed by atoms with Crippen LogP contribution in [0.15, 0.2) is 10.6 Å². The first kappa shape index (κ1) is 16.6. The summed E-state index contributed by atoms with van der Waals surface area (Å²) in [5.74, 6) is 0.313. The van der Waals surface area contributed by atoms with Gasteiger partial charge in [-0.3, -0.25) is 14.4 Å². The van der Waals surface area contributed by atoms with Crippen molar-refractivity contribution in [1.82, 2.24) is 24.8 Å². The molecule has 0 bridgehead atoms. The number of aromatic nitrogens is 4. The van der Waals surface area contributed by atoms with Crippen molar-refractivity contribution in [1.29, 1.82) is 0 Å². The van der Waals surface area contributed by atoms with Crippen molar-refractivity contribution < 1.29 is 19.2 Å². The van der Waals surface area contributed by atoms with E-state index in [9.17, 15) is 4.79 Å². The van der Waals surface area contributed by atoms with Crippen molar-refractivity contribution in [2.75, 3.05) is 13.7 Å². The van der Waals surface area contributed by atoms with Crippen LogP contribution in [0.5, 0.6) is 0 Å². The summed E-state index contributed by atoms with van der Waals surface area (Å²) in [4.78, 5) is 17.2. The molecule has 2 aromatic heterocycles. The Balaban J connectivity index is 1.63. The van der Waals surface area contributed by atoms with Crippen molar-refractivity contribution in [3.63, 3.8) is 0 Å². The number of aliphatic carboxylic acids is 1. The molecule has 0 saturated heterocycles. The highest BCUT2D eigenvalue weighted by Gasteiger charge is 2.19. The summed E-state index contributed by atoms with van der Waals surface area (Å²) in [5, 5.41) is 17.3. The third-order valence-electron chi connectivity index (χ3n) is 3.88. The van der Waals surface area contributed by atoms with Gasteiger partial charge in [0, 0.05) is 33.2 Å².